The Bertz CT molecular complexity index is 1380. The maximum Gasteiger partial charge on any atom is 0.259 e. The van der Waals surface area contributed by atoms with Crippen LogP contribution in [0.5, 0.6) is 0 Å². The van der Waals surface area contributed by atoms with Gasteiger partial charge in [-0.2, -0.15) is 5.10 Å². The van der Waals surface area contributed by atoms with Gasteiger partial charge in [-0.15, -0.1) is 0 Å². The summed E-state index contributed by atoms with van der Waals surface area (Å²) >= 11 is 0. The molecule has 5 rings (SSSR count). The van der Waals surface area contributed by atoms with Crippen LogP contribution in [0.2, 0.25) is 0 Å². The van der Waals surface area contributed by atoms with Crippen molar-refractivity contribution >= 4 is 17.0 Å². The number of nitrogens with zero attached hydrogens (tertiary/aromatic N) is 5. The molecule has 0 radical (unpaired) electrons. The summed E-state index contributed by atoms with van der Waals surface area (Å²) in [5.74, 6) is -0.214. The van der Waals surface area contributed by atoms with Gasteiger partial charge in [0.05, 0.1) is 34.1 Å². The van der Waals surface area contributed by atoms with Crippen LogP contribution in [0, 0.1) is 6.92 Å². The first-order valence-corrected chi connectivity index (χ1v) is 10.2. The number of carbonyl (C=O) groups excluding carboxylic acids is 1. The lowest BCUT2D eigenvalue weighted by molar-refractivity contribution is 0.0941. The fraction of sp³-hybridized carbons (Fsp3) is 0.125. The first kappa shape index (κ1) is 19.6. The van der Waals surface area contributed by atoms with Crippen LogP contribution >= 0.6 is 0 Å². The molecular formula is C24H20N6O2. The van der Waals surface area contributed by atoms with E-state index >= 15 is 0 Å². The smallest absolute Gasteiger partial charge is 0.259 e. The van der Waals surface area contributed by atoms with Crippen LogP contribution in [-0.2, 0) is 0 Å². The van der Waals surface area contributed by atoms with Crippen molar-refractivity contribution < 1.29 is 9.32 Å². The van der Waals surface area contributed by atoms with Crippen molar-refractivity contribution in [2.24, 2.45) is 0 Å². The SMILES string of the molecule is Cc1noc2nc(-c3ccccc3)cc(C(=O)N[C@H](C)c3ccc(-n4cncn4)cc3)c12. The Hall–Kier alpha value is -4.33. The van der Waals surface area contributed by atoms with E-state index in [0.29, 0.717) is 28.1 Å². The molecule has 2 aromatic carbocycles. The number of nitrogens with one attached hydrogen (secondary N) is 1. The number of hydrogen-bond donors (Lipinski definition) is 1. The number of carbonyl (C=O) groups is 1. The fourth-order valence-electron chi connectivity index (χ4n) is 3.65. The number of aromatic nitrogens is 5. The molecule has 1 N–H and O–H groups in total. The summed E-state index contributed by atoms with van der Waals surface area (Å²) in [6.07, 6.45) is 3.13. The molecule has 3 aromatic heterocycles. The van der Waals surface area contributed by atoms with E-state index in [1.165, 1.54) is 6.33 Å². The predicted molar refractivity (Wildman–Crippen MR) is 119 cm³/mol. The topological polar surface area (TPSA) is 98.7 Å². The summed E-state index contributed by atoms with van der Waals surface area (Å²) in [6, 6.07) is 19.1. The first-order chi connectivity index (χ1) is 15.6. The van der Waals surface area contributed by atoms with Crippen LogP contribution in [0.4, 0.5) is 0 Å². The Balaban J connectivity index is 1.44. The Morgan fingerprint density at radius 2 is 1.88 bits per heavy atom. The molecule has 8 nitrogen and oxygen atoms in total. The standard InChI is InChI=1S/C24H20N6O2/c1-15(17-8-10-19(11-9-17)30-14-25-13-26-30)27-23(31)20-12-21(18-6-4-3-5-7-18)28-24-22(20)16(2)29-32-24/h3-15H,1-2H3,(H,27,31)/t15-/m1/s1. The van der Waals surface area contributed by atoms with Gasteiger partial charge in [-0.25, -0.2) is 14.6 Å². The summed E-state index contributed by atoms with van der Waals surface area (Å²) in [5, 5.41) is 11.8. The van der Waals surface area contributed by atoms with E-state index in [1.54, 1.807) is 24.0 Å². The molecule has 32 heavy (non-hydrogen) atoms. The highest BCUT2D eigenvalue weighted by molar-refractivity contribution is 6.07. The van der Waals surface area contributed by atoms with E-state index in [-0.39, 0.29) is 11.9 Å². The van der Waals surface area contributed by atoms with Gasteiger partial charge in [0.2, 0.25) is 0 Å². The largest absolute Gasteiger partial charge is 0.345 e. The van der Waals surface area contributed by atoms with Crippen LogP contribution in [0.15, 0.2) is 77.8 Å². The molecule has 0 fully saturated rings. The molecule has 8 heteroatoms. The number of hydrogen-bond acceptors (Lipinski definition) is 6. The maximum atomic E-state index is 13.3. The number of rotatable bonds is 5. The average Bonchev–Trinajstić information content (AvgIpc) is 3.50. The van der Waals surface area contributed by atoms with Crippen molar-refractivity contribution in [3.8, 4) is 16.9 Å². The number of amides is 1. The van der Waals surface area contributed by atoms with Crippen molar-refractivity contribution in [2.45, 2.75) is 19.9 Å². The second kappa shape index (κ2) is 8.07. The summed E-state index contributed by atoms with van der Waals surface area (Å²) in [7, 11) is 0. The number of fused-ring (bicyclic) bond motifs is 1. The van der Waals surface area contributed by atoms with Crippen LogP contribution in [-0.4, -0.2) is 30.8 Å². The van der Waals surface area contributed by atoms with E-state index in [2.05, 4.69) is 25.5 Å². The molecule has 0 aliphatic rings. The van der Waals surface area contributed by atoms with Gasteiger partial charge in [-0.05, 0) is 37.6 Å². The van der Waals surface area contributed by atoms with Crippen molar-refractivity contribution in [3.63, 3.8) is 0 Å². The monoisotopic (exact) mass is 424 g/mol. The quantitative estimate of drug-likeness (QED) is 0.452. The molecule has 0 bridgehead atoms. The first-order valence-electron chi connectivity index (χ1n) is 10.2. The van der Waals surface area contributed by atoms with Crippen molar-refractivity contribution in [1.29, 1.82) is 0 Å². The predicted octanol–water partition coefficient (Wildman–Crippen LogP) is 4.27. The van der Waals surface area contributed by atoms with Crippen molar-refractivity contribution in [3.05, 3.63) is 90.1 Å². The van der Waals surface area contributed by atoms with Gasteiger partial charge in [-0.1, -0.05) is 47.6 Å². The zero-order valence-corrected chi connectivity index (χ0v) is 17.6. The second-order valence-corrected chi connectivity index (χ2v) is 7.50. The molecule has 1 atom stereocenters. The Morgan fingerprint density at radius 3 is 2.59 bits per heavy atom. The summed E-state index contributed by atoms with van der Waals surface area (Å²) < 4.78 is 7.07. The van der Waals surface area contributed by atoms with Gasteiger partial charge < -0.3 is 9.84 Å². The minimum Gasteiger partial charge on any atom is -0.345 e. The summed E-state index contributed by atoms with van der Waals surface area (Å²) in [5.41, 5.74) is 4.88. The third-order valence-corrected chi connectivity index (χ3v) is 5.36. The van der Waals surface area contributed by atoms with Crippen LogP contribution < -0.4 is 5.32 Å². The number of aryl methyl sites for hydroxylation is 1. The number of benzene rings is 2. The Morgan fingerprint density at radius 1 is 1.09 bits per heavy atom. The van der Waals surface area contributed by atoms with Crippen LogP contribution in [0.25, 0.3) is 28.0 Å². The molecular weight excluding hydrogens is 404 g/mol. The molecule has 0 saturated carbocycles. The van der Waals surface area contributed by atoms with Gasteiger partial charge in [0.1, 0.15) is 12.7 Å². The van der Waals surface area contributed by atoms with Gasteiger partial charge in [0, 0.05) is 5.56 Å². The zero-order valence-electron chi connectivity index (χ0n) is 17.6. The lowest BCUT2D eigenvalue weighted by Crippen LogP contribution is -2.27. The highest BCUT2D eigenvalue weighted by Gasteiger charge is 2.21. The van der Waals surface area contributed by atoms with E-state index in [9.17, 15) is 4.79 Å². The molecule has 158 valence electrons. The maximum absolute atomic E-state index is 13.3. The Labute approximate surface area is 183 Å². The minimum absolute atomic E-state index is 0.212. The molecule has 0 unspecified atom stereocenters. The summed E-state index contributed by atoms with van der Waals surface area (Å²) in [4.78, 5) is 21.8. The minimum atomic E-state index is -0.214. The Kier molecular flexibility index (Phi) is 4.95. The fourth-order valence-corrected chi connectivity index (χ4v) is 3.65. The average molecular weight is 424 g/mol. The van der Waals surface area contributed by atoms with Gasteiger partial charge in [0.25, 0.3) is 11.6 Å². The van der Waals surface area contributed by atoms with E-state index in [4.69, 9.17) is 4.52 Å². The molecule has 0 saturated heterocycles. The third kappa shape index (κ3) is 3.62. The zero-order chi connectivity index (χ0) is 22.1. The van der Waals surface area contributed by atoms with Crippen molar-refractivity contribution in [2.75, 3.05) is 0 Å². The van der Waals surface area contributed by atoms with Gasteiger partial charge in [-0.3, -0.25) is 4.79 Å². The molecule has 0 aliphatic heterocycles. The van der Waals surface area contributed by atoms with Crippen LogP contribution in [0.1, 0.15) is 34.6 Å². The van der Waals surface area contributed by atoms with E-state index in [0.717, 1.165) is 16.8 Å². The highest BCUT2D eigenvalue weighted by atomic mass is 16.5. The van der Waals surface area contributed by atoms with Gasteiger partial charge in [0.15, 0.2) is 0 Å². The molecule has 3 heterocycles. The third-order valence-electron chi connectivity index (χ3n) is 5.36. The summed E-state index contributed by atoms with van der Waals surface area (Å²) in [6.45, 7) is 3.75. The van der Waals surface area contributed by atoms with Crippen molar-refractivity contribution in [1.82, 2.24) is 30.2 Å². The van der Waals surface area contributed by atoms with E-state index in [1.807, 2.05) is 61.5 Å². The molecule has 0 spiro atoms. The lowest BCUT2D eigenvalue weighted by Gasteiger charge is -2.16. The van der Waals surface area contributed by atoms with Gasteiger partial charge >= 0.3 is 0 Å². The molecule has 0 aliphatic carbocycles. The van der Waals surface area contributed by atoms with Crippen LogP contribution in [0.3, 0.4) is 0 Å². The normalized spacial score (nSPS) is 12.1. The highest BCUT2D eigenvalue weighted by Crippen LogP contribution is 2.27. The lowest BCUT2D eigenvalue weighted by atomic mass is 10.0. The molecule has 1 amide bonds. The van der Waals surface area contributed by atoms with E-state index < -0.39 is 0 Å². The second-order valence-electron chi connectivity index (χ2n) is 7.50. The number of pyridine rings is 1. The molecule has 5 aromatic rings.